The summed E-state index contributed by atoms with van der Waals surface area (Å²) in [6.07, 6.45) is 1.82. The van der Waals surface area contributed by atoms with Gasteiger partial charge in [0.25, 0.3) is 0 Å². The largest absolute Gasteiger partial charge is 0.384 e. The van der Waals surface area contributed by atoms with Gasteiger partial charge in [-0.2, -0.15) is 0 Å². The Morgan fingerprint density at radius 1 is 1.15 bits per heavy atom. The van der Waals surface area contributed by atoms with E-state index >= 15 is 0 Å². The molecule has 2 rings (SSSR count). The zero-order valence-electron chi connectivity index (χ0n) is 11.7. The molecule has 0 aliphatic carbocycles. The highest BCUT2D eigenvalue weighted by molar-refractivity contribution is 5.42. The molecule has 0 radical (unpaired) electrons. The quantitative estimate of drug-likeness (QED) is 0.840. The molecule has 0 fully saturated rings. The minimum atomic E-state index is -0.208. The number of hydrogen-bond donors (Lipinski definition) is 1. The molecule has 0 spiro atoms. The Balaban J connectivity index is 1.78. The number of anilines is 1. The van der Waals surface area contributed by atoms with E-state index < -0.39 is 0 Å². The molecule has 2 aromatic rings. The van der Waals surface area contributed by atoms with Gasteiger partial charge in [-0.3, -0.25) is 9.88 Å². The van der Waals surface area contributed by atoms with Gasteiger partial charge in [-0.25, -0.2) is 4.39 Å². The number of aromatic nitrogens is 1. The third kappa shape index (κ3) is 4.63. The third-order valence-corrected chi connectivity index (χ3v) is 3.16. The summed E-state index contributed by atoms with van der Waals surface area (Å²) in [6.45, 7) is 5.71. The first-order chi connectivity index (χ1) is 9.78. The molecule has 1 heterocycles. The summed E-state index contributed by atoms with van der Waals surface area (Å²) >= 11 is 0. The molecule has 0 saturated carbocycles. The minimum Gasteiger partial charge on any atom is -0.384 e. The van der Waals surface area contributed by atoms with E-state index in [-0.39, 0.29) is 5.82 Å². The summed E-state index contributed by atoms with van der Waals surface area (Å²) < 4.78 is 12.8. The van der Waals surface area contributed by atoms with Crippen molar-refractivity contribution in [2.45, 2.75) is 13.5 Å². The molecule has 0 amide bonds. The lowest BCUT2D eigenvalue weighted by atomic mass is 10.3. The Labute approximate surface area is 119 Å². The van der Waals surface area contributed by atoms with Crippen LogP contribution in [0.4, 0.5) is 10.1 Å². The van der Waals surface area contributed by atoms with Crippen molar-refractivity contribution < 1.29 is 4.39 Å². The second kappa shape index (κ2) is 7.60. The molecule has 106 valence electrons. The van der Waals surface area contributed by atoms with Gasteiger partial charge in [0.2, 0.25) is 0 Å². The fourth-order valence-electron chi connectivity index (χ4n) is 2.00. The maximum absolute atomic E-state index is 12.8. The molecule has 0 aliphatic heterocycles. The molecule has 0 bridgehead atoms. The van der Waals surface area contributed by atoms with Crippen LogP contribution in [0.5, 0.6) is 0 Å². The van der Waals surface area contributed by atoms with Gasteiger partial charge in [0, 0.05) is 31.5 Å². The Kier molecular flexibility index (Phi) is 5.50. The normalized spacial score (nSPS) is 10.8. The Morgan fingerprint density at radius 2 is 1.95 bits per heavy atom. The van der Waals surface area contributed by atoms with E-state index in [4.69, 9.17) is 0 Å². The molecule has 1 aromatic carbocycles. The summed E-state index contributed by atoms with van der Waals surface area (Å²) in [6, 6.07) is 12.4. The first-order valence-electron chi connectivity index (χ1n) is 6.89. The van der Waals surface area contributed by atoms with E-state index in [1.165, 1.54) is 12.1 Å². The van der Waals surface area contributed by atoms with Crippen molar-refractivity contribution in [1.29, 1.82) is 0 Å². The van der Waals surface area contributed by atoms with Gasteiger partial charge in [-0.15, -0.1) is 0 Å². The number of halogens is 1. The van der Waals surface area contributed by atoms with Crippen LogP contribution in [0, 0.1) is 5.82 Å². The van der Waals surface area contributed by atoms with Crippen molar-refractivity contribution in [2.24, 2.45) is 0 Å². The van der Waals surface area contributed by atoms with Crippen molar-refractivity contribution >= 4 is 5.69 Å². The van der Waals surface area contributed by atoms with Crippen LogP contribution < -0.4 is 5.32 Å². The summed E-state index contributed by atoms with van der Waals surface area (Å²) in [5.41, 5.74) is 2.02. The van der Waals surface area contributed by atoms with Gasteiger partial charge < -0.3 is 5.32 Å². The first kappa shape index (κ1) is 14.5. The maximum atomic E-state index is 12.8. The lowest BCUT2D eigenvalue weighted by Crippen LogP contribution is -2.28. The van der Waals surface area contributed by atoms with Crippen molar-refractivity contribution in [3.05, 3.63) is 60.2 Å². The zero-order chi connectivity index (χ0) is 14.2. The van der Waals surface area contributed by atoms with Gasteiger partial charge in [-0.05, 0) is 42.9 Å². The molecule has 0 saturated heterocycles. The van der Waals surface area contributed by atoms with Gasteiger partial charge in [0.1, 0.15) is 5.82 Å². The number of likely N-dealkylation sites (N-methyl/N-ethyl adjacent to an activating group) is 1. The number of nitrogens with one attached hydrogen (secondary N) is 1. The number of pyridine rings is 1. The van der Waals surface area contributed by atoms with Crippen LogP contribution in [0.15, 0.2) is 48.7 Å². The van der Waals surface area contributed by atoms with Gasteiger partial charge >= 0.3 is 0 Å². The van der Waals surface area contributed by atoms with E-state index in [1.54, 1.807) is 12.1 Å². The van der Waals surface area contributed by atoms with Crippen LogP contribution in [0.2, 0.25) is 0 Å². The predicted octanol–water partition coefficient (Wildman–Crippen LogP) is 3.15. The Bertz CT molecular complexity index is 499. The molecule has 4 heteroatoms. The molecule has 20 heavy (non-hydrogen) atoms. The van der Waals surface area contributed by atoms with E-state index in [0.717, 1.165) is 37.6 Å². The summed E-state index contributed by atoms with van der Waals surface area (Å²) in [5, 5.41) is 3.29. The molecular formula is C16H20FN3. The van der Waals surface area contributed by atoms with Crippen molar-refractivity contribution in [3.8, 4) is 0 Å². The van der Waals surface area contributed by atoms with E-state index in [1.807, 2.05) is 24.4 Å². The molecule has 1 N–H and O–H groups in total. The third-order valence-electron chi connectivity index (χ3n) is 3.16. The monoisotopic (exact) mass is 273 g/mol. The first-order valence-corrected chi connectivity index (χ1v) is 6.89. The van der Waals surface area contributed by atoms with Gasteiger partial charge in [0.05, 0.1) is 5.69 Å². The standard InChI is InChI=1S/C16H20FN3/c1-2-20(13-16-5-3-4-10-18-16)12-11-19-15-8-6-14(17)7-9-15/h3-10,19H,2,11-13H2,1H3. The Hall–Kier alpha value is -1.94. The lowest BCUT2D eigenvalue weighted by Gasteiger charge is -2.20. The number of rotatable bonds is 7. The minimum absolute atomic E-state index is 0.208. The van der Waals surface area contributed by atoms with Crippen LogP contribution in [0.1, 0.15) is 12.6 Å². The summed E-state index contributed by atoms with van der Waals surface area (Å²) in [5.74, 6) is -0.208. The molecule has 3 nitrogen and oxygen atoms in total. The Morgan fingerprint density at radius 3 is 2.60 bits per heavy atom. The average Bonchev–Trinajstić information content (AvgIpc) is 2.49. The molecule has 1 aromatic heterocycles. The second-order valence-electron chi connectivity index (χ2n) is 4.62. The number of benzene rings is 1. The van der Waals surface area contributed by atoms with Crippen LogP contribution in [0.3, 0.4) is 0 Å². The van der Waals surface area contributed by atoms with E-state index in [9.17, 15) is 4.39 Å². The highest BCUT2D eigenvalue weighted by atomic mass is 19.1. The maximum Gasteiger partial charge on any atom is 0.123 e. The number of hydrogen-bond acceptors (Lipinski definition) is 3. The lowest BCUT2D eigenvalue weighted by molar-refractivity contribution is 0.287. The van der Waals surface area contributed by atoms with Gasteiger partial charge in [-0.1, -0.05) is 13.0 Å². The average molecular weight is 273 g/mol. The smallest absolute Gasteiger partial charge is 0.123 e. The fourth-order valence-corrected chi connectivity index (χ4v) is 2.00. The fraction of sp³-hybridized carbons (Fsp3) is 0.312. The second-order valence-corrected chi connectivity index (χ2v) is 4.62. The van der Waals surface area contributed by atoms with E-state index in [2.05, 4.69) is 22.1 Å². The van der Waals surface area contributed by atoms with Crippen LogP contribution in [-0.2, 0) is 6.54 Å². The molecule has 0 aliphatic rings. The zero-order valence-corrected chi connectivity index (χ0v) is 11.7. The summed E-state index contributed by atoms with van der Waals surface area (Å²) in [4.78, 5) is 6.66. The van der Waals surface area contributed by atoms with Crippen molar-refractivity contribution in [3.63, 3.8) is 0 Å². The van der Waals surface area contributed by atoms with Crippen molar-refractivity contribution in [1.82, 2.24) is 9.88 Å². The van der Waals surface area contributed by atoms with Crippen LogP contribution in [-0.4, -0.2) is 29.5 Å². The van der Waals surface area contributed by atoms with Crippen LogP contribution in [0.25, 0.3) is 0 Å². The van der Waals surface area contributed by atoms with E-state index in [0.29, 0.717) is 0 Å². The topological polar surface area (TPSA) is 28.2 Å². The number of nitrogens with zero attached hydrogens (tertiary/aromatic N) is 2. The molecular weight excluding hydrogens is 253 g/mol. The highest BCUT2D eigenvalue weighted by Gasteiger charge is 2.04. The summed E-state index contributed by atoms with van der Waals surface area (Å²) in [7, 11) is 0. The van der Waals surface area contributed by atoms with Gasteiger partial charge in [0.15, 0.2) is 0 Å². The molecule has 0 atom stereocenters. The predicted molar refractivity (Wildman–Crippen MR) is 80.1 cm³/mol. The van der Waals surface area contributed by atoms with Crippen LogP contribution >= 0.6 is 0 Å². The van der Waals surface area contributed by atoms with Crippen molar-refractivity contribution in [2.75, 3.05) is 25.0 Å². The molecule has 0 unspecified atom stereocenters. The SMILES string of the molecule is CCN(CCNc1ccc(F)cc1)Cc1ccccn1. The highest BCUT2D eigenvalue weighted by Crippen LogP contribution is 2.08.